The van der Waals surface area contributed by atoms with Crippen molar-refractivity contribution in [2.24, 2.45) is 5.41 Å². The van der Waals surface area contributed by atoms with Crippen LogP contribution in [0.5, 0.6) is 0 Å². The molecule has 0 unspecified atom stereocenters. The largest absolute Gasteiger partial charge is 0.383 e. The van der Waals surface area contributed by atoms with Crippen LogP contribution in [0.1, 0.15) is 25.3 Å². The summed E-state index contributed by atoms with van der Waals surface area (Å²) in [7, 11) is 2.16. The van der Waals surface area contributed by atoms with E-state index < -0.39 is 0 Å². The SMILES string of the molecule is CN1CCC(C)(CNc2cccc(Cl)c2C#N)CC1. The summed E-state index contributed by atoms with van der Waals surface area (Å²) in [6.45, 7) is 5.47. The summed E-state index contributed by atoms with van der Waals surface area (Å²) in [6.07, 6.45) is 2.36. The fourth-order valence-electron chi connectivity index (χ4n) is 2.43. The maximum atomic E-state index is 9.15. The molecular formula is C15H20ClN3. The number of halogens is 1. The molecule has 1 fully saturated rings. The minimum Gasteiger partial charge on any atom is -0.383 e. The minimum absolute atomic E-state index is 0.293. The second-order valence-corrected chi connectivity index (χ2v) is 6.15. The number of hydrogen-bond donors (Lipinski definition) is 1. The van der Waals surface area contributed by atoms with Crippen LogP contribution in [0.15, 0.2) is 18.2 Å². The highest BCUT2D eigenvalue weighted by Gasteiger charge is 2.28. The Balaban J connectivity index is 2.03. The van der Waals surface area contributed by atoms with Gasteiger partial charge in [0.2, 0.25) is 0 Å². The molecule has 4 heteroatoms. The Bertz CT molecular complexity index is 485. The van der Waals surface area contributed by atoms with Crippen molar-refractivity contribution in [1.29, 1.82) is 5.26 Å². The molecule has 102 valence electrons. The van der Waals surface area contributed by atoms with Crippen LogP contribution >= 0.6 is 11.6 Å². The van der Waals surface area contributed by atoms with Crippen molar-refractivity contribution in [2.45, 2.75) is 19.8 Å². The highest BCUT2D eigenvalue weighted by atomic mass is 35.5. The van der Waals surface area contributed by atoms with Crippen LogP contribution in [0.4, 0.5) is 5.69 Å². The Hall–Kier alpha value is -1.24. The van der Waals surface area contributed by atoms with Crippen LogP contribution in [0, 0.1) is 16.7 Å². The average Bonchev–Trinajstić information content (AvgIpc) is 2.40. The molecule has 1 heterocycles. The predicted octanol–water partition coefficient (Wildman–Crippen LogP) is 3.36. The lowest BCUT2D eigenvalue weighted by Crippen LogP contribution is -2.40. The second-order valence-electron chi connectivity index (χ2n) is 5.74. The number of piperidine rings is 1. The molecule has 0 amide bonds. The standard InChI is InChI=1S/C15H20ClN3/c1-15(6-8-19(2)9-7-15)11-18-14-5-3-4-13(16)12(14)10-17/h3-5,18H,6-9,11H2,1-2H3. The molecule has 0 spiro atoms. The van der Waals surface area contributed by atoms with E-state index in [0.29, 0.717) is 16.0 Å². The molecule has 2 rings (SSSR count). The van der Waals surface area contributed by atoms with Gasteiger partial charge in [0.1, 0.15) is 6.07 Å². The van der Waals surface area contributed by atoms with E-state index in [1.807, 2.05) is 12.1 Å². The molecule has 1 aromatic rings. The molecule has 1 N–H and O–H groups in total. The van der Waals surface area contributed by atoms with Crippen molar-refractivity contribution in [3.05, 3.63) is 28.8 Å². The molecule has 1 saturated heterocycles. The third kappa shape index (κ3) is 3.40. The minimum atomic E-state index is 0.293. The molecule has 0 atom stereocenters. The highest BCUT2D eigenvalue weighted by molar-refractivity contribution is 6.32. The van der Waals surface area contributed by atoms with Crippen molar-refractivity contribution in [3.8, 4) is 6.07 Å². The first-order chi connectivity index (χ1) is 9.04. The summed E-state index contributed by atoms with van der Waals surface area (Å²) in [5.74, 6) is 0. The number of nitrogens with zero attached hydrogens (tertiary/aromatic N) is 2. The maximum absolute atomic E-state index is 9.15. The quantitative estimate of drug-likeness (QED) is 0.921. The molecule has 0 bridgehead atoms. The van der Waals surface area contributed by atoms with Gasteiger partial charge in [-0.25, -0.2) is 0 Å². The second kappa shape index (κ2) is 5.81. The van der Waals surface area contributed by atoms with E-state index in [2.05, 4.69) is 30.3 Å². The lowest BCUT2D eigenvalue weighted by molar-refractivity contribution is 0.150. The summed E-state index contributed by atoms with van der Waals surface area (Å²) in [6, 6.07) is 7.72. The van der Waals surface area contributed by atoms with E-state index in [0.717, 1.165) is 25.3 Å². The normalized spacial score (nSPS) is 18.8. The number of nitriles is 1. The number of nitrogens with one attached hydrogen (secondary N) is 1. The van der Waals surface area contributed by atoms with Gasteiger partial charge in [0.25, 0.3) is 0 Å². The van der Waals surface area contributed by atoms with Gasteiger partial charge in [-0.2, -0.15) is 5.26 Å². The smallest absolute Gasteiger partial charge is 0.103 e. The van der Waals surface area contributed by atoms with Crippen LogP contribution in [-0.2, 0) is 0 Å². The first kappa shape index (κ1) is 14.2. The Labute approximate surface area is 120 Å². The first-order valence-corrected chi connectivity index (χ1v) is 7.03. The summed E-state index contributed by atoms with van der Waals surface area (Å²) >= 11 is 6.04. The molecule has 1 aromatic carbocycles. The van der Waals surface area contributed by atoms with Gasteiger partial charge >= 0.3 is 0 Å². The van der Waals surface area contributed by atoms with Crippen LogP contribution in [0.2, 0.25) is 5.02 Å². The van der Waals surface area contributed by atoms with E-state index in [-0.39, 0.29) is 0 Å². The van der Waals surface area contributed by atoms with E-state index in [1.54, 1.807) is 6.07 Å². The molecular weight excluding hydrogens is 258 g/mol. The van der Waals surface area contributed by atoms with Crippen molar-refractivity contribution in [3.63, 3.8) is 0 Å². The number of rotatable bonds is 3. The lowest BCUT2D eigenvalue weighted by atomic mass is 9.80. The number of likely N-dealkylation sites (tertiary alicyclic amines) is 1. The average molecular weight is 278 g/mol. The zero-order valence-corrected chi connectivity index (χ0v) is 12.3. The van der Waals surface area contributed by atoms with Gasteiger partial charge in [-0.15, -0.1) is 0 Å². The topological polar surface area (TPSA) is 39.1 Å². The van der Waals surface area contributed by atoms with Crippen molar-refractivity contribution >= 4 is 17.3 Å². The molecule has 1 aliphatic heterocycles. The van der Waals surface area contributed by atoms with E-state index in [4.69, 9.17) is 16.9 Å². The van der Waals surface area contributed by atoms with Crippen LogP contribution in [0.3, 0.4) is 0 Å². The van der Waals surface area contributed by atoms with Gasteiger partial charge < -0.3 is 10.2 Å². The molecule has 1 aliphatic rings. The third-order valence-corrected chi connectivity index (χ3v) is 4.34. The Morgan fingerprint density at radius 2 is 2.11 bits per heavy atom. The van der Waals surface area contributed by atoms with E-state index >= 15 is 0 Å². The summed E-state index contributed by atoms with van der Waals surface area (Å²) in [5, 5.41) is 13.1. The molecule has 19 heavy (non-hydrogen) atoms. The van der Waals surface area contributed by atoms with Crippen molar-refractivity contribution in [1.82, 2.24) is 4.90 Å². The molecule has 0 aliphatic carbocycles. The summed E-state index contributed by atoms with van der Waals surface area (Å²) in [4.78, 5) is 2.36. The highest BCUT2D eigenvalue weighted by Crippen LogP contribution is 2.31. The van der Waals surface area contributed by atoms with Crippen LogP contribution in [-0.4, -0.2) is 31.6 Å². The monoisotopic (exact) mass is 277 g/mol. The number of hydrogen-bond acceptors (Lipinski definition) is 3. The molecule has 0 saturated carbocycles. The first-order valence-electron chi connectivity index (χ1n) is 6.65. The van der Waals surface area contributed by atoms with E-state index in [9.17, 15) is 0 Å². The van der Waals surface area contributed by atoms with Gasteiger partial charge in [-0.05, 0) is 50.5 Å². The third-order valence-electron chi connectivity index (χ3n) is 4.03. The van der Waals surface area contributed by atoms with Crippen molar-refractivity contribution < 1.29 is 0 Å². The zero-order chi connectivity index (χ0) is 13.9. The Morgan fingerprint density at radius 3 is 2.74 bits per heavy atom. The predicted molar refractivity (Wildman–Crippen MR) is 79.5 cm³/mol. The summed E-state index contributed by atoms with van der Waals surface area (Å²) in [5.41, 5.74) is 1.68. The van der Waals surface area contributed by atoms with Crippen LogP contribution < -0.4 is 5.32 Å². The number of anilines is 1. The van der Waals surface area contributed by atoms with Crippen molar-refractivity contribution in [2.75, 3.05) is 32.0 Å². The van der Waals surface area contributed by atoms with Gasteiger partial charge in [0, 0.05) is 6.54 Å². The molecule has 3 nitrogen and oxygen atoms in total. The fraction of sp³-hybridized carbons (Fsp3) is 0.533. The van der Waals surface area contributed by atoms with Gasteiger partial charge in [-0.1, -0.05) is 24.6 Å². The van der Waals surface area contributed by atoms with Crippen LogP contribution in [0.25, 0.3) is 0 Å². The Kier molecular flexibility index (Phi) is 4.34. The van der Waals surface area contributed by atoms with Gasteiger partial charge in [0.15, 0.2) is 0 Å². The zero-order valence-electron chi connectivity index (χ0n) is 11.5. The summed E-state index contributed by atoms with van der Waals surface area (Å²) < 4.78 is 0. The van der Waals surface area contributed by atoms with Gasteiger partial charge in [0.05, 0.1) is 16.3 Å². The fourth-order valence-corrected chi connectivity index (χ4v) is 2.65. The molecule has 0 radical (unpaired) electrons. The van der Waals surface area contributed by atoms with Gasteiger partial charge in [-0.3, -0.25) is 0 Å². The van der Waals surface area contributed by atoms with E-state index in [1.165, 1.54) is 12.8 Å². The molecule has 0 aromatic heterocycles. The number of benzene rings is 1. The Morgan fingerprint density at radius 1 is 1.42 bits per heavy atom. The maximum Gasteiger partial charge on any atom is 0.103 e. The lowest BCUT2D eigenvalue weighted by Gasteiger charge is -2.38.